The van der Waals surface area contributed by atoms with Gasteiger partial charge in [-0.2, -0.15) is 0 Å². The molecule has 6 N–H and O–H groups in total. The third-order valence-corrected chi connectivity index (χ3v) is 8.40. The van der Waals surface area contributed by atoms with Crippen molar-refractivity contribution < 1.29 is 49.5 Å². The first kappa shape index (κ1) is 26.7. The molecule has 0 unspecified atom stereocenters. The predicted octanol–water partition coefficient (Wildman–Crippen LogP) is 0.518. The normalized spacial score (nSPS) is 32.6. The Hall–Kier alpha value is -2.86. The van der Waals surface area contributed by atoms with Crippen LogP contribution < -0.4 is 4.90 Å². The van der Waals surface area contributed by atoms with Crippen LogP contribution in [-0.4, -0.2) is 81.3 Å². The summed E-state index contributed by atoms with van der Waals surface area (Å²) in [7, 11) is 3.83. The Morgan fingerprint density at radius 3 is 2.47 bits per heavy atom. The van der Waals surface area contributed by atoms with Crippen molar-refractivity contribution in [2.45, 2.75) is 75.5 Å². The fraction of sp³-hybridized carbons (Fsp3) is 0.500. The summed E-state index contributed by atoms with van der Waals surface area (Å²) in [5.74, 6) is -2.23. The van der Waals surface area contributed by atoms with Crippen LogP contribution in [0.1, 0.15) is 88.3 Å². The number of hydrogen-bond acceptors (Lipinski definition) is 9. The maximum absolute atomic E-state index is 13.5. The molecule has 1 saturated heterocycles. The van der Waals surface area contributed by atoms with E-state index < -0.39 is 53.6 Å². The number of phenols is 2. The van der Waals surface area contributed by atoms with Gasteiger partial charge in [0.25, 0.3) is 0 Å². The largest absolute Gasteiger partial charge is 0.507 e. The van der Waals surface area contributed by atoms with Crippen LogP contribution in [0.5, 0.6) is 11.5 Å². The first-order chi connectivity index (χ1) is 17.9. The maximum Gasteiger partial charge on any atom is 0.201 e. The molecule has 0 bridgehead atoms. The second-order valence-electron chi connectivity index (χ2n) is 10.9. The number of aliphatic hydroxyl groups excluding tert-OH is 2. The van der Waals surface area contributed by atoms with E-state index in [0.717, 1.165) is 4.90 Å². The molecule has 204 valence electrons. The van der Waals surface area contributed by atoms with Crippen molar-refractivity contribution in [1.82, 2.24) is 0 Å². The number of nitrogens with one attached hydrogen (secondary N) is 1. The van der Waals surface area contributed by atoms with Crippen LogP contribution in [-0.2, 0) is 9.47 Å². The van der Waals surface area contributed by atoms with E-state index in [1.807, 2.05) is 14.1 Å². The van der Waals surface area contributed by atoms with Crippen molar-refractivity contribution in [3.8, 4) is 11.5 Å². The van der Waals surface area contributed by atoms with Crippen LogP contribution in [0.2, 0.25) is 0 Å². The van der Waals surface area contributed by atoms with E-state index >= 15 is 0 Å². The Kier molecular flexibility index (Phi) is 6.62. The van der Waals surface area contributed by atoms with Gasteiger partial charge in [-0.25, -0.2) is 0 Å². The number of benzene rings is 2. The van der Waals surface area contributed by atoms with Crippen molar-refractivity contribution in [1.29, 1.82) is 0 Å². The number of ether oxygens (including phenoxy) is 2. The van der Waals surface area contributed by atoms with Gasteiger partial charge in [-0.3, -0.25) is 9.59 Å². The number of fused-ring (bicyclic) bond motifs is 3. The molecule has 1 aliphatic heterocycles. The molecular weight excluding hydrogens is 494 g/mol. The van der Waals surface area contributed by atoms with E-state index in [-0.39, 0.29) is 58.0 Å². The van der Waals surface area contributed by atoms with Gasteiger partial charge in [-0.1, -0.05) is 19.1 Å². The highest BCUT2D eigenvalue weighted by Crippen LogP contribution is 2.52. The second-order valence-corrected chi connectivity index (χ2v) is 10.9. The smallest absolute Gasteiger partial charge is 0.201 e. The van der Waals surface area contributed by atoms with E-state index in [4.69, 9.17) is 9.47 Å². The molecule has 1 heterocycles. The van der Waals surface area contributed by atoms with Crippen LogP contribution in [0.25, 0.3) is 0 Å². The topological polar surface area (TPSA) is 158 Å². The van der Waals surface area contributed by atoms with Crippen LogP contribution in [0.4, 0.5) is 0 Å². The monoisotopic (exact) mass is 528 g/mol. The lowest BCUT2D eigenvalue weighted by atomic mass is 9.71. The second kappa shape index (κ2) is 9.41. The Morgan fingerprint density at radius 2 is 1.82 bits per heavy atom. The summed E-state index contributed by atoms with van der Waals surface area (Å²) < 4.78 is 12.2. The number of phenolic OH excluding ortho intramolecular Hbond substituents is 2. The van der Waals surface area contributed by atoms with Crippen LogP contribution in [0, 0.1) is 0 Å². The van der Waals surface area contributed by atoms with E-state index in [1.165, 1.54) is 24.3 Å². The van der Waals surface area contributed by atoms with Gasteiger partial charge in [0, 0.05) is 23.1 Å². The molecule has 38 heavy (non-hydrogen) atoms. The zero-order valence-electron chi connectivity index (χ0n) is 21.8. The molecule has 7 atom stereocenters. The van der Waals surface area contributed by atoms with E-state index in [1.54, 1.807) is 13.8 Å². The minimum Gasteiger partial charge on any atom is -0.507 e. The average Bonchev–Trinajstić information content (AvgIpc) is 2.86. The minimum absolute atomic E-state index is 0.00826. The summed E-state index contributed by atoms with van der Waals surface area (Å²) in [6.07, 6.45) is -4.14. The van der Waals surface area contributed by atoms with Crippen molar-refractivity contribution in [2.75, 3.05) is 14.1 Å². The van der Waals surface area contributed by atoms with Crippen molar-refractivity contribution in [3.05, 3.63) is 57.6 Å². The molecule has 1 fully saturated rings. The Bertz CT molecular complexity index is 1310. The van der Waals surface area contributed by atoms with Gasteiger partial charge >= 0.3 is 0 Å². The first-order valence-electron chi connectivity index (χ1n) is 12.9. The molecule has 0 spiro atoms. The van der Waals surface area contributed by atoms with E-state index in [9.17, 15) is 35.1 Å². The molecule has 0 aromatic heterocycles. The third-order valence-electron chi connectivity index (χ3n) is 8.40. The molecule has 0 radical (unpaired) electrons. The van der Waals surface area contributed by atoms with Crippen molar-refractivity contribution >= 4 is 11.6 Å². The molecular formula is C28H34NO9+. The molecule has 0 saturated carbocycles. The molecule has 2 aromatic rings. The number of hydrogen-bond donors (Lipinski definition) is 6. The summed E-state index contributed by atoms with van der Waals surface area (Å²) in [5.41, 5.74) is -2.07. The zero-order chi connectivity index (χ0) is 27.7. The summed E-state index contributed by atoms with van der Waals surface area (Å²) in [6, 6.07) is 5.29. The van der Waals surface area contributed by atoms with E-state index in [2.05, 4.69) is 0 Å². The Morgan fingerprint density at radius 1 is 1.11 bits per heavy atom. The first-order valence-corrected chi connectivity index (χ1v) is 12.9. The lowest BCUT2D eigenvalue weighted by Crippen LogP contribution is -3.12. The molecule has 3 aliphatic rings. The SMILES string of the molecule is CC[C@@]1(O)C[C@H](O[C@H]2C[C@H]([NH+](C)C)[C@H](O)[C@H](C)O2)c2c(cc3c(c2O)C(=O)c2c(O)cccc2C3=O)[C@H]1O. The number of aromatic hydroxyl groups is 2. The number of aliphatic hydroxyl groups is 3. The molecule has 0 amide bonds. The van der Waals surface area contributed by atoms with Gasteiger partial charge in [0.1, 0.15) is 29.7 Å². The van der Waals surface area contributed by atoms with Crippen molar-refractivity contribution in [3.63, 3.8) is 0 Å². The minimum atomic E-state index is -1.64. The predicted molar refractivity (Wildman–Crippen MR) is 133 cm³/mol. The molecule has 10 heteroatoms. The highest BCUT2D eigenvalue weighted by molar-refractivity contribution is 6.30. The van der Waals surface area contributed by atoms with Gasteiger partial charge < -0.3 is 39.9 Å². The van der Waals surface area contributed by atoms with Crippen molar-refractivity contribution in [2.24, 2.45) is 0 Å². The Balaban J connectivity index is 1.63. The summed E-state index contributed by atoms with van der Waals surface area (Å²) in [6.45, 7) is 3.44. The average molecular weight is 529 g/mol. The number of likely N-dealkylation sites (N-methyl/N-ethyl adjacent to an activating group) is 1. The van der Waals surface area contributed by atoms with Crippen LogP contribution >= 0.6 is 0 Å². The molecule has 2 aliphatic carbocycles. The summed E-state index contributed by atoms with van der Waals surface area (Å²) in [4.78, 5) is 27.8. The van der Waals surface area contributed by atoms with Gasteiger partial charge in [0.05, 0.1) is 49.5 Å². The fourth-order valence-electron chi connectivity index (χ4n) is 6.09. The van der Waals surface area contributed by atoms with Crippen LogP contribution in [0.15, 0.2) is 24.3 Å². The van der Waals surface area contributed by atoms with Gasteiger partial charge in [0.15, 0.2) is 12.1 Å². The number of carbonyl (C=O) groups is 2. The zero-order valence-corrected chi connectivity index (χ0v) is 21.8. The third kappa shape index (κ3) is 3.95. The fourth-order valence-corrected chi connectivity index (χ4v) is 6.09. The molecule has 2 aromatic carbocycles. The Labute approximate surface area is 220 Å². The standard InChI is InChI=1S/C28H33NO9/c1-5-28(36)11-18(38-19-10-16(29(3)4)23(31)12(2)37-19)21-15(27(28)35)9-14-22(26(21)34)25(33)20-13(24(14)32)7-6-8-17(20)30/h6-9,12,16,18-19,23,27,30-31,34-36H,5,10-11H2,1-4H3/p+1/t12-,16-,18-,19-,23+,27+,28+/m0/s1. The number of quaternary nitrogens is 1. The lowest BCUT2D eigenvalue weighted by Gasteiger charge is -2.45. The molecule has 5 rings (SSSR count). The number of carbonyl (C=O) groups excluding carboxylic acids is 2. The molecule has 10 nitrogen and oxygen atoms in total. The van der Waals surface area contributed by atoms with E-state index in [0.29, 0.717) is 6.42 Å². The van der Waals surface area contributed by atoms with Gasteiger partial charge in [-0.15, -0.1) is 0 Å². The number of ketones is 2. The highest BCUT2D eigenvalue weighted by Gasteiger charge is 2.50. The number of rotatable bonds is 4. The quantitative estimate of drug-likeness (QED) is 0.284. The lowest BCUT2D eigenvalue weighted by molar-refractivity contribution is -0.893. The van der Waals surface area contributed by atoms with Gasteiger partial charge in [-0.05, 0) is 31.0 Å². The van der Waals surface area contributed by atoms with Crippen LogP contribution in [0.3, 0.4) is 0 Å². The van der Waals surface area contributed by atoms with Gasteiger partial charge in [0.2, 0.25) is 5.78 Å². The summed E-state index contributed by atoms with van der Waals surface area (Å²) in [5, 5.41) is 54.9. The maximum atomic E-state index is 13.5. The summed E-state index contributed by atoms with van der Waals surface area (Å²) >= 11 is 0. The highest BCUT2D eigenvalue weighted by atomic mass is 16.7.